The van der Waals surface area contributed by atoms with Crippen LogP contribution in [0.5, 0.6) is 0 Å². The van der Waals surface area contributed by atoms with Gasteiger partial charge in [-0.15, -0.1) is 0 Å². The van der Waals surface area contributed by atoms with Crippen molar-refractivity contribution >= 4 is 17.5 Å². The third-order valence-electron chi connectivity index (χ3n) is 3.30. The number of nitrogens with zero attached hydrogens (tertiary/aromatic N) is 2. The van der Waals surface area contributed by atoms with Gasteiger partial charge in [0.05, 0.1) is 10.7 Å². The van der Waals surface area contributed by atoms with Crippen LogP contribution >= 0.6 is 11.6 Å². The van der Waals surface area contributed by atoms with Crippen molar-refractivity contribution in [3.8, 4) is 0 Å². The minimum atomic E-state index is -4.62. The fraction of sp³-hybridized carbons (Fsp3) is 0.692. The van der Waals surface area contributed by atoms with Crippen molar-refractivity contribution < 1.29 is 18.0 Å². The molecule has 1 aromatic rings. The lowest BCUT2D eigenvalue weighted by Gasteiger charge is -2.17. The number of hydrogen-bond donors (Lipinski definition) is 1. The van der Waals surface area contributed by atoms with Crippen molar-refractivity contribution in [3.63, 3.8) is 0 Å². The molecular weight excluding hydrogens is 307 g/mol. The van der Waals surface area contributed by atoms with Crippen LogP contribution in [0.2, 0.25) is 5.02 Å². The smallest absolute Gasteiger partial charge is 0.352 e. The highest BCUT2D eigenvalue weighted by Crippen LogP contribution is 2.47. The van der Waals surface area contributed by atoms with Gasteiger partial charge in [-0.25, -0.2) is 0 Å². The number of alkyl halides is 3. The lowest BCUT2D eigenvalue weighted by Crippen LogP contribution is -2.36. The summed E-state index contributed by atoms with van der Waals surface area (Å²) in [5.41, 5.74) is -0.800. The summed E-state index contributed by atoms with van der Waals surface area (Å²) in [6, 6.07) is -0.936. The third kappa shape index (κ3) is 3.33. The van der Waals surface area contributed by atoms with Gasteiger partial charge < -0.3 is 5.32 Å². The number of rotatable bonds is 4. The SMILES string of the molecule is CC(C)NC(=O)C(C)n1nc(C(F)(F)F)c(Cl)c1C1CC1. The van der Waals surface area contributed by atoms with E-state index in [0.29, 0.717) is 5.69 Å². The molecule has 1 fully saturated rings. The van der Waals surface area contributed by atoms with Crippen LogP contribution in [-0.4, -0.2) is 21.7 Å². The molecule has 1 heterocycles. The number of carbonyl (C=O) groups is 1. The Morgan fingerprint density at radius 3 is 2.38 bits per heavy atom. The second-order valence-corrected chi connectivity index (χ2v) is 5.98. The van der Waals surface area contributed by atoms with E-state index in [1.165, 1.54) is 6.92 Å². The minimum absolute atomic E-state index is 0.0459. The fourth-order valence-electron chi connectivity index (χ4n) is 2.14. The molecule has 4 nitrogen and oxygen atoms in total. The van der Waals surface area contributed by atoms with E-state index in [4.69, 9.17) is 11.6 Å². The number of hydrogen-bond acceptors (Lipinski definition) is 2. The van der Waals surface area contributed by atoms with Gasteiger partial charge in [0, 0.05) is 12.0 Å². The average Bonchev–Trinajstić information content (AvgIpc) is 3.09. The van der Waals surface area contributed by atoms with Crippen LogP contribution in [0.3, 0.4) is 0 Å². The summed E-state index contributed by atoms with van der Waals surface area (Å²) in [6.45, 7) is 5.08. The van der Waals surface area contributed by atoms with Gasteiger partial charge in [-0.05, 0) is 33.6 Å². The molecule has 2 rings (SSSR count). The average molecular weight is 324 g/mol. The van der Waals surface area contributed by atoms with Crippen molar-refractivity contribution in [3.05, 3.63) is 16.4 Å². The Kier molecular flexibility index (Phi) is 4.24. The second-order valence-electron chi connectivity index (χ2n) is 5.60. The largest absolute Gasteiger partial charge is 0.436 e. The Labute approximate surface area is 125 Å². The van der Waals surface area contributed by atoms with Crippen molar-refractivity contribution in [1.29, 1.82) is 0 Å². The third-order valence-corrected chi connectivity index (χ3v) is 3.67. The molecule has 1 aliphatic rings. The zero-order valence-electron chi connectivity index (χ0n) is 12.0. The Balaban J connectivity index is 2.40. The van der Waals surface area contributed by atoms with Crippen LogP contribution in [0.4, 0.5) is 13.2 Å². The van der Waals surface area contributed by atoms with E-state index in [9.17, 15) is 18.0 Å². The highest BCUT2D eigenvalue weighted by molar-refractivity contribution is 6.32. The molecule has 1 N–H and O–H groups in total. The number of aromatic nitrogens is 2. The molecule has 0 saturated heterocycles. The van der Waals surface area contributed by atoms with Crippen molar-refractivity contribution in [2.24, 2.45) is 0 Å². The molecule has 0 spiro atoms. The number of nitrogens with one attached hydrogen (secondary N) is 1. The van der Waals surface area contributed by atoms with E-state index in [0.717, 1.165) is 17.5 Å². The Morgan fingerprint density at radius 2 is 1.95 bits per heavy atom. The second kappa shape index (κ2) is 5.51. The number of halogens is 4. The number of carbonyl (C=O) groups excluding carboxylic acids is 1. The highest BCUT2D eigenvalue weighted by atomic mass is 35.5. The maximum Gasteiger partial charge on any atom is 0.436 e. The van der Waals surface area contributed by atoms with Crippen LogP contribution in [-0.2, 0) is 11.0 Å². The summed E-state index contributed by atoms with van der Waals surface area (Å²) in [5.74, 6) is -0.421. The Bertz CT molecular complexity index is 550. The summed E-state index contributed by atoms with van der Waals surface area (Å²) in [4.78, 5) is 12.0. The van der Waals surface area contributed by atoms with E-state index in [1.54, 1.807) is 13.8 Å². The first-order chi connectivity index (χ1) is 9.62. The van der Waals surface area contributed by atoms with E-state index in [1.807, 2.05) is 0 Å². The normalized spacial score (nSPS) is 17.1. The zero-order chi connectivity index (χ0) is 15.9. The molecule has 0 radical (unpaired) electrons. The molecule has 21 heavy (non-hydrogen) atoms. The summed E-state index contributed by atoms with van der Waals surface area (Å²) in [7, 11) is 0. The van der Waals surface area contributed by atoms with Gasteiger partial charge in [-0.1, -0.05) is 11.6 Å². The molecule has 8 heteroatoms. The van der Waals surface area contributed by atoms with Gasteiger partial charge >= 0.3 is 6.18 Å². The molecule has 0 bridgehead atoms. The van der Waals surface area contributed by atoms with Gasteiger partial charge in [0.25, 0.3) is 0 Å². The standard InChI is InChI=1S/C13H17ClF3N3O/c1-6(2)18-12(21)7(3)20-10(8-4-5-8)9(14)11(19-20)13(15,16)17/h6-8H,4-5H2,1-3H3,(H,18,21). The summed E-state index contributed by atoms with van der Waals surface area (Å²) < 4.78 is 39.9. The molecule has 118 valence electrons. The first-order valence-electron chi connectivity index (χ1n) is 6.78. The zero-order valence-corrected chi connectivity index (χ0v) is 12.7. The predicted octanol–water partition coefficient (Wildman–Crippen LogP) is 3.52. The quantitative estimate of drug-likeness (QED) is 0.921. The first kappa shape index (κ1) is 16.1. The molecule has 0 aromatic carbocycles. The summed E-state index contributed by atoms with van der Waals surface area (Å²) >= 11 is 5.87. The molecule has 1 aromatic heterocycles. The van der Waals surface area contributed by atoms with Gasteiger partial charge in [-0.2, -0.15) is 18.3 Å². The van der Waals surface area contributed by atoms with E-state index < -0.39 is 17.9 Å². The summed E-state index contributed by atoms with van der Waals surface area (Å²) in [5, 5.41) is 5.86. The maximum absolute atomic E-state index is 12.9. The minimum Gasteiger partial charge on any atom is -0.352 e. The molecule has 0 aliphatic heterocycles. The van der Waals surface area contributed by atoms with Crippen LogP contribution in [0, 0.1) is 0 Å². The Hall–Kier alpha value is -1.24. The van der Waals surface area contributed by atoms with E-state index in [2.05, 4.69) is 10.4 Å². The van der Waals surface area contributed by atoms with Gasteiger partial charge in [0.15, 0.2) is 5.69 Å². The monoisotopic (exact) mass is 323 g/mol. The topological polar surface area (TPSA) is 46.9 Å². The van der Waals surface area contributed by atoms with Gasteiger partial charge in [0.2, 0.25) is 5.91 Å². The molecule has 1 aliphatic carbocycles. The first-order valence-corrected chi connectivity index (χ1v) is 7.16. The van der Waals surface area contributed by atoms with Gasteiger partial charge in [0.1, 0.15) is 6.04 Å². The highest BCUT2D eigenvalue weighted by Gasteiger charge is 2.43. The lowest BCUT2D eigenvalue weighted by atomic mass is 10.2. The van der Waals surface area contributed by atoms with Crippen molar-refractivity contribution in [2.75, 3.05) is 0 Å². The van der Waals surface area contributed by atoms with Crippen LogP contribution in [0.25, 0.3) is 0 Å². The predicted molar refractivity (Wildman–Crippen MR) is 72.2 cm³/mol. The van der Waals surface area contributed by atoms with Crippen LogP contribution < -0.4 is 5.32 Å². The molecule has 1 saturated carbocycles. The van der Waals surface area contributed by atoms with Crippen LogP contribution in [0.1, 0.15) is 57.0 Å². The fourth-order valence-corrected chi connectivity index (χ4v) is 2.53. The van der Waals surface area contributed by atoms with Gasteiger partial charge in [-0.3, -0.25) is 9.48 Å². The Morgan fingerprint density at radius 1 is 1.38 bits per heavy atom. The molecule has 1 unspecified atom stereocenters. The van der Waals surface area contributed by atoms with Crippen LogP contribution in [0.15, 0.2) is 0 Å². The maximum atomic E-state index is 12.9. The molecular formula is C13H17ClF3N3O. The summed E-state index contributed by atoms with van der Waals surface area (Å²) in [6.07, 6.45) is -3.09. The number of amides is 1. The molecule has 1 amide bonds. The van der Waals surface area contributed by atoms with Crippen molar-refractivity contribution in [1.82, 2.24) is 15.1 Å². The van der Waals surface area contributed by atoms with Crippen molar-refractivity contribution in [2.45, 2.75) is 57.8 Å². The molecule has 1 atom stereocenters. The lowest BCUT2D eigenvalue weighted by molar-refractivity contribution is -0.141. The van der Waals surface area contributed by atoms with E-state index in [-0.39, 0.29) is 22.9 Å². The van der Waals surface area contributed by atoms with E-state index >= 15 is 0 Å².